The summed E-state index contributed by atoms with van der Waals surface area (Å²) >= 11 is 0. The van der Waals surface area contributed by atoms with Gasteiger partial charge in [0.1, 0.15) is 13.2 Å². The average Bonchev–Trinajstić information content (AvgIpc) is 3.48. The molecular formula is C77H128O6. The number of unbranched alkanes of at least 4 members (excludes halogenated alkanes) is 29. The van der Waals surface area contributed by atoms with E-state index in [1.54, 1.807) is 0 Å². The number of ether oxygens (including phenoxy) is 3. The maximum atomic E-state index is 12.9. The van der Waals surface area contributed by atoms with Crippen molar-refractivity contribution in [2.24, 2.45) is 0 Å². The van der Waals surface area contributed by atoms with Crippen LogP contribution in [0.5, 0.6) is 0 Å². The molecular weight excluding hydrogens is 1020 g/mol. The van der Waals surface area contributed by atoms with Gasteiger partial charge in [-0.05, 0) is 128 Å². The summed E-state index contributed by atoms with van der Waals surface area (Å²) in [6, 6.07) is 0. The summed E-state index contributed by atoms with van der Waals surface area (Å²) in [5, 5.41) is 0. The van der Waals surface area contributed by atoms with Crippen LogP contribution in [0.4, 0.5) is 0 Å². The summed E-state index contributed by atoms with van der Waals surface area (Å²) in [5.41, 5.74) is 0. The highest BCUT2D eigenvalue weighted by Gasteiger charge is 2.19. The number of esters is 3. The van der Waals surface area contributed by atoms with Crippen molar-refractivity contribution in [2.45, 2.75) is 322 Å². The normalized spacial score (nSPS) is 13.0. The lowest BCUT2D eigenvalue weighted by Gasteiger charge is -2.18. The maximum Gasteiger partial charge on any atom is 0.306 e. The molecule has 0 N–H and O–H groups in total. The molecule has 0 spiro atoms. The Hall–Kier alpha value is -4.45. The second kappa shape index (κ2) is 70.0. The standard InChI is InChI=1S/C77H128O6/c1-4-7-10-13-16-19-22-24-26-28-30-32-33-34-35-36-37-38-39-40-41-42-43-45-46-48-50-52-55-58-61-64-67-70-76(79)82-73-74(72-81-75(78)69-66-63-60-57-54-21-18-15-12-9-6-3)83-77(80)71-68-65-62-59-56-53-51-49-47-44-31-29-27-25-23-20-17-14-11-8-5-2/h7-8,10-11,15-20,24-27,30-32,44,49,51,56,59,74H,4-6,9,12-14,21-23,28-29,33-43,45-48,50,52-55,57-58,60-73H2,1-3H3/b10-7-,11-8-,18-15-,19-16-,20-17-,26-24-,27-25-,32-30-,44-31-,51-49-,59-56-. The third-order valence-electron chi connectivity index (χ3n) is 14.6. The van der Waals surface area contributed by atoms with Crippen LogP contribution in [0, 0.1) is 0 Å². The smallest absolute Gasteiger partial charge is 0.306 e. The van der Waals surface area contributed by atoms with Crippen LogP contribution in [0.15, 0.2) is 134 Å². The lowest BCUT2D eigenvalue weighted by atomic mass is 10.0. The van der Waals surface area contributed by atoms with Crippen molar-refractivity contribution in [3.63, 3.8) is 0 Å². The molecule has 0 saturated carbocycles. The maximum absolute atomic E-state index is 12.9. The lowest BCUT2D eigenvalue weighted by molar-refractivity contribution is -0.167. The van der Waals surface area contributed by atoms with Gasteiger partial charge in [-0.2, -0.15) is 0 Å². The van der Waals surface area contributed by atoms with E-state index in [1.807, 2.05) is 0 Å². The molecule has 472 valence electrons. The molecule has 0 amide bonds. The van der Waals surface area contributed by atoms with Crippen molar-refractivity contribution in [3.8, 4) is 0 Å². The van der Waals surface area contributed by atoms with E-state index in [4.69, 9.17) is 14.2 Å². The predicted octanol–water partition coefficient (Wildman–Crippen LogP) is 24.1. The summed E-state index contributed by atoms with van der Waals surface area (Å²) in [6.45, 7) is 6.35. The molecule has 0 rings (SSSR count). The highest BCUT2D eigenvalue weighted by Crippen LogP contribution is 2.17. The second-order valence-electron chi connectivity index (χ2n) is 22.7. The van der Waals surface area contributed by atoms with Crippen LogP contribution in [0.2, 0.25) is 0 Å². The number of hydrogen-bond donors (Lipinski definition) is 0. The zero-order valence-electron chi connectivity index (χ0n) is 54.2. The van der Waals surface area contributed by atoms with E-state index in [0.717, 1.165) is 128 Å². The quantitative estimate of drug-likeness (QED) is 0.0261. The van der Waals surface area contributed by atoms with Gasteiger partial charge in [-0.1, -0.05) is 302 Å². The highest BCUT2D eigenvalue weighted by atomic mass is 16.6. The minimum Gasteiger partial charge on any atom is -0.462 e. The summed E-state index contributed by atoms with van der Waals surface area (Å²) in [6.07, 6.45) is 99.2. The van der Waals surface area contributed by atoms with Crippen molar-refractivity contribution in [1.29, 1.82) is 0 Å². The number of hydrogen-bond acceptors (Lipinski definition) is 6. The minimum absolute atomic E-state index is 0.0986. The van der Waals surface area contributed by atoms with Crippen molar-refractivity contribution >= 4 is 17.9 Å². The largest absolute Gasteiger partial charge is 0.462 e. The van der Waals surface area contributed by atoms with Gasteiger partial charge in [-0.3, -0.25) is 14.4 Å². The Kier molecular flexibility index (Phi) is 66.3. The highest BCUT2D eigenvalue weighted by molar-refractivity contribution is 5.71. The molecule has 0 aromatic carbocycles. The monoisotopic (exact) mass is 1150 g/mol. The van der Waals surface area contributed by atoms with E-state index in [1.165, 1.54) is 141 Å². The van der Waals surface area contributed by atoms with E-state index in [0.29, 0.717) is 19.3 Å². The summed E-state index contributed by atoms with van der Waals surface area (Å²) in [4.78, 5) is 38.3. The van der Waals surface area contributed by atoms with Gasteiger partial charge in [0.05, 0.1) is 0 Å². The Morgan fingerprint density at radius 2 is 0.470 bits per heavy atom. The first kappa shape index (κ1) is 78.5. The molecule has 0 fully saturated rings. The van der Waals surface area contributed by atoms with Crippen molar-refractivity contribution in [3.05, 3.63) is 134 Å². The zero-order chi connectivity index (χ0) is 59.9. The van der Waals surface area contributed by atoms with Gasteiger partial charge in [-0.15, -0.1) is 0 Å². The topological polar surface area (TPSA) is 78.9 Å². The van der Waals surface area contributed by atoms with Crippen LogP contribution >= 0.6 is 0 Å². The number of carbonyl (C=O) groups is 3. The molecule has 0 radical (unpaired) electrons. The Morgan fingerprint density at radius 1 is 0.253 bits per heavy atom. The van der Waals surface area contributed by atoms with E-state index < -0.39 is 6.10 Å². The van der Waals surface area contributed by atoms with Gasteiger partial charge < -0.3 is 14.2 Å². The Bertz CT molecular complexity index is 1750. The fourth-order valence-corrected chi connectivity index (χ4v) is 9.48. The fraction of sp³-hybridized carbons (Fsp3) is 0.675. The first-order valence-corrected chi connectivity index (χ1v) is 34.7. The van der Waals surface area contributed by atoms with Gasteiger partial charge in [0.15, 0.2) is 6.10 Å². The van der Waals surface area contributed by atoms with Crippen LogP contribution in [0.3, 0.4) is 0 Å². The van der Waals surface area contributed by atoms with E-state index >= 15 is 0 Å². The van der Waals surface area contributed by atoms with Gasteiger partial charge >= 0.3 is 17.9 Å². The molecule has 0 bridgehead atoms. The van der Waals surface area contributed by atoms with Crippen molar-refractivity contribution in [2.75, 3.05) is 13.2 Å². The summed E-state index contributed by atoms with van der Waals surface area (Å²) in [7, 11) is 0. The van der Waals surface area contributed by atoms with E-state index in [9.17, 15) is 14.4 Å². The van der Waals surface area contributed by atoms with Crippen molar-refractivity contribution < 1.29 is 28.6 Å². The van der Waals surface area contributed by atoms with Gasteiger partial charge in [0.25, 0.3) is 0 Å². The molecule has 0 aromatic heterocycles. The molecule has 0 aliphatic heterocycles. The molecule has 0 aliphatic rings. The molecule has 0 heterocycles. The first-order chi connectivity index (χ1) is 41.0. The van der Waals surface area contributed by atoms with Crippen LogP contribution in [-0.2, 0) is 28.6 Å². The molecule has 0 aromatic rings. The van der Waals surface area contributed by atoms with E-state index in [-0.39, 0.29) is 37.5 Å². The summed E-state index contributed by atoms with van der Waals surface area (Å²) < 4.78 is 16.9. The van der Waals surface area contributed by atoms with Crippen LogP contribution in [-0.4, -0.2) is 37.2 Å². The fourth-order valence-electron chi connectivity index (χ4n) is 9.48. The molecule has 6 heteroatoms. The van der Waals surface area contributed by atoms with Gasteiger partial charge in [0, 0.05) is 19.3 Å². The number of carbonyl (C=O) groups excluding carboxylic acids is 3. The Labute approximate surface area is 513 Å². The van der Waals surface area contributed by atoms with Gasteiger partial charge in [-0.25, -0.2) is 0 Å². The summed E-state index contributed by atoms with van der Waals surface area (Å²) in [5.74, 6) is -0.946. The van der Waals surface area contributed by atoms with E-state index in [2.05, 4.69) is 154 Å². The predicted molar refractivity (Wildman–Crippen MR) is 362 cm³/mol. The molecule has 1 atom stereocenters. The molecule has 1 unspecified atom stereocenters. The third kappa shape index (κ3) is 68.2. The lowest BCUT2D eigenvalue weighted by Crippen LogP contribution is -2.30. The molecule has 83 heavy (non-hydrogen) atoms. The zero-order valence-corrected chi connectivity index (χ0v) is 54.2. The molecule has 0 saturated heterocycles. The minimum atomic E-state index is -0.808. The van der Waals surface area contributed by atoms with Crippen molar-refractivity contribution in [1.82, 2.24) is 0 Å². The molecule has 0 aliphatic carbocycles. The third-order valence-corrected chi connectivity index (χ3v) is 14.6. The van der Waals surface area contributed by atoms with Crippen LogP contribution < -0.4 is 0 Å². The SMILES string of the molecule is CC/C=C\C/C=C\C/C=C\C/C=C\C/C=C\C/C=C\CCCCC(=O)OC(COC(=O)CCCCCCC/C=C\CCCC)COC(=O)CCCCCCCCCCCCCCCCCCCCCC/C=C\C/C=C\C/C=C\C/C=C\CC. The molecule has 6 nitrogen and oxygen atoms in total. The number of rotatable bonds is 62. The Balaban J connectivity index is 4.21. The Morgan fingerprint density at radius 3 is 0.771 bits per heavy atom. The number of allylic oxidation sites excluding steroid dienone is 22. The first-order valence-electron chi connectivity index (χ1n) is 34.7. The van der Waals surface area contributed by atoms with Crippen LogP contribution in [0.1, 0.15) is 316 Å². The second-order valence-corrected chi connectivity index (χ2v) is 22.7. The van der Waals surface area contributed by atoms with Crippen LogP contribution in [0.25, 0.3) is 0 Å². The average molecular weight is 1150 g/mol. The van der Waals surface area contributed by atoms with Gasteiger partial charge in [0.2, 0.25) is 0 Å².